The normalized spacial score (nSPS) is 11.6. The molecule has 1 unspecified atom stereocenters. The zero-order chi connectivity index (χ0) is 14.4. The molecular weight excluding hydrogens is 256 g/mol. The summed E-state index contributed by atoms with van der Waals surface area (Å²) in [7, 11) is 0. The Hall–Kier alpha value is -2.78. The van der Waals surface area contributed by atoms with Crippen molar-refractivity contribution in [2.75, 3.05) is 0 Å². The maximum Gasteiger partial charge on any atom is 0.269 e. The molecule has 0 aliphatic rings. The summed E-state index contributed by atoms with van der Waals surface area (Å²) in [6.07, 6.45) is 3.40. The lowest BCUT2D eigenvalue weighted by Crippen LogP contribution is -2.19. The van der Waals surface area contributed by atoms with Crippen molar-refractivity contribution in [3.8, 4) is 6.07 Å². The number of nitro benzene ring substituents is 1. The molecule has 0 bridgehead atoms. The maximum absolute atomic E-state index is 10.6. The number of hydrogen-bond acceptors (Lipinski definition) is 5. The van der Waals surface area contributed by atoms with Gasteiger partial charge >= 0.3 is 0 Å². The average Bonchev–Trinajstić information content (AvgIpc) is 2.49. The van der Waals surface area contributed by atoms with Gasteiger partial charge in [-0.15, -0.1) is 0 Å². The summed E-state index contributed by atoms with van der Waals surface area (Å²) >= 11 is 0. The summed E-state index contributed by atoms with van der Waals surface area (Å²) in [6, 6.07) is 11.3. The first-order chi connectivity index (χ1) is 9.70. The monoisotopic (exact) mass is 268 g/mol. The fourth-order valence-corrected chi connectivity index (χ4v) is 1.75. The molecule has 0 spiro atoms. The Morgan fingerprint density at radius 2 is 2.10 bits per heavy atom. The minimum atomic E-state index is -0.518. The molecule has 2 rings (SSSR count). The molecule has 1 aromatic heterocycles. The third kappa shape index (κ3) is 3.37. The van der Waals surface area contributed by atoms with Crippen LogP contribution < -0.4 is 5.32 Å². The van der Waals surface area contributed by atoms with E-state index < -0.39 is 11.0 Å². The van der Waals surface area contributed by atoms with Crippen LogP contribution in [0.1, 0.15) is 17.2 Å². The Morgan fingerprint density at radius 3 is 2.65 bits per heavy atom. The van der Waals surface area contributed by atoms with Gasteiger partial charge in [-0.1, -0.05) is 6.07 Å². The fraction of sp³-hybridized carbons (Fsp3) is 0.143. The molecule has 1 heterocycles. The van der Waals surface area contributed by atoms with Crippen LogP contribution in [-0.4, -0.2) is 9.91 Å². The number of non-ortho nitro benzene ring substituents is 1. The number of pyridine rings is 1. The smallest absolute Gasteiger partial charge is 0.269 e. The van der Waals surface area contributed by atoms with Crippen LogP contribution in [0, 0.1) is 21.4 Å². The minimum Gasteiger partial charge on any atom is -0.294 e. The van der Waals surface area contributed by atoms with E-state index in [1.54, 1.807) is 24.5 Å². The van der Waals surface area contributed by atoms with Crippen molar-refractivity contribution in [3.63, 3.8) is 0 Å². The van der Waals surface area contributed by atoms with E-state index >= 15 is 0 Å². The molecule has 0 saturated heterocycles. The van der Waals surface area contributed by atoms with E-state index in [1.807, 2.05) is 12.1 Å². The molecule has 0 saturated carbocycles. The van der Waals surface area contributed by atoms with E-state index in [1.165, 1.54) is 12.1 Å². The van der Waals surface area contributed by atoms with Crippen LogP contribution in [0.4, 0.5) is 5.69 Å². The summed E-state index contributed by atoms with van der Waals surface area (Å²) in [4.78, 5) is 14.1. The minimum absolute atomic E-state index is 0.0118. The van der Waals surface area contributed by atoms with Crippen molar-refractivity contribution in [1.29, 1.82) is 5.26 Å². The zero-order valence-electron chi connectivity index (χ0n) is 10.6. The highest BCUT2D eigenvalue weighted by Crippen LogP contribution is 2.17. The van der Waals surface area contributed by atoms with E-state index in [9.17, 15) is 15.4 Å². The van der Waals surface area contributed by atoms with Crippen molar-refractivity contribution in [2.45, 2.75) is 12.6 Å². The highest BCUT2D eigenvalue weighted by atomic mass is 16.6. The molecule has 20 heavy (non-hydrogen) atoms. The first kappa shape index (κ1) is 13.6. The van der Waals surface area contributed by atoms with Gasteiger partial charge in [-0.3, -0.25) is 20.4 Å². The number of hydrogen-bond donors (Lipinski definition) is 1. The molecule has 0 radical (unpaired) electrons. The van der Waals surface area contributed by atoms with Crippen molar-refractivity contribution in [1.82, 2.24) is 10.3 Å². The lowest BCUT2D eigenvalue weighted by Gasteiger charge is -2.11. The fourth-order valence-electron chi connectivity index (χ4n) is 1.75. The number of nitriles is 1. The topological polar surface area (TPSA) is 91.8 Å². The summed E-state index contributed by atoms with van der Waals surface area (Å²) in [5, 5.41) is 22.8. The van der Waals surface area contributed by atoms with E-state index in [-0.39, 0.29) is 5.69 Å². The predicted molar refractivity (Wildman–Crippen MR) is 72.5 cm³/mol. The lowest BCUT2D eigenvalue weighted by molar-refractivity contribution is -0.384. The van der Waals surface area contributed by atoms with Crippen molar-refractivity contribution < 1.29 is 4.92 Å². The molecule has 0 aliphatic heterocycles. The molecule has 0 fully saturated rings. The standard InChI is InChI=1S/C14H12N4O2/c15-8-14(17-10-11-2-1-7-16-9-11)12-3-5-13(6-4-12)18(19)20/h1-7,9,14,17H,10H2. The number of aromatic nitrogens is 1. The Morgan fingerprint density at radius 1 is 1.35 bits per heavy atom. The van der Waals surface area contributed by atoms with Crippen LogP contribution in [0.5, 0.6) is 0 Å². The number of benzene rings is 1. The summed E-state index contributed by atoms with van der Waals surface area (Å²) in [5.41, 5.74) is 1.68. The van der Waals surface area contributed by atoms with Gasteiger partial charge < -0.3 is 0 Å². The molecule has 100 valence electrons. The first-order valence-corrected chi connectivity index (χ1v) is 5.97. The molecular formula is C14H12N4O2. The van der Waals surface area contributed by atoms with Gasteiger partial charge in [-0.25, -0.2) is 0 Å². The maximum atomic E-state index is 10.6. The van der Waals surface area contributed by atoms with Crippen LogP contribution in [-0.2, 0) is 6.54 Å². The van der Waals surface area contributed by atoms with Crippen molar-refractivity contribution in [3.05, 3.63) is 70.0 Å². The Balaban J connectivity index is 2.05. The Labute approximate surface area is 115 Å². The summed E-state index contributed by atoms with van der Waals surface area (Å²) in [6.45, 7) is 0.503. The number of nitro groups is 1. The number of rotatable bonds is 5. The Kier molecular flexibility index (Phi) is 4.37. The first-order valence-electron chi connectivity index (χ1n) is 5.97. The molecule has 1 N–H and O–H groups in total. The molecule has 6 heteroatoms. The quantitative estimate of drug-likeness (QED) is 0.663. The van der Waals surface area contributed by atoms with E-state index in [2.05, 4.69) is 16.4 Å². The Bertz CT molecular complexity index is 620. The largest absolute Gasteiger partial charge is 0.294 e. The molecule has 1 atom stereocenters. The zero-order valence-corrected chi connectivity index (χ0v) is 10.6. The van der Waals surface area contributed by atoms with Gasteiger partial charge in [0.05, 0.1) is 11.0 Å². The molecule has 1 aromatic carbocycles. The molecule has 2 aromatic rings. The van der Waals surface area contributed by atoms with Gasteiger partial charge in [0.25, 0.3) is 5.69 Å². The molecule has 0 aliphatic carbocycles. The van der Waals surface area contributed by atoms with Gasteiger partial charge in [0.2, 0.25) is 0 Å². The van der Waals surface area contributed by atoms with Gasteiger partial charge in [-0.05, 0) is 29.3 Å². The highest BCUT2D eigenvalue weighted by Gasteiger charge is 2.12. The van der Waals surface area contributed by atoms with Gasteiger partial charge in [0, 0.05) is 31.1 Å². The van der Waals surface area contributed by atoms with Gasteiger partial charge in [0.15, 0.2) is 0 Å². The summed E-state index contributed by atoms with van der Waals surface area (Å²) in [5.74, 6) is 0. The van der Waals surface area contributed by atoms with E-state index in [4.69, 9.17) is 0 Å². The molecule has 0 amide bonds. The van der Waals surface area contributed by atoms with E-state index in [0.29, 0.717) is 12.1 Å². The van der Waals surface area contributed by atoms with E-state index in [0.717, 1.165) is 5.56 Å². The second-order valence-electron chi connectivity index (χ2n) is 4.15. The van der Waals surface area contributed by atoms with Crippen LogP contribution in [0.25, 0.3) is 0 Å². The third-order valence-electron chi connectivity index (χ3n) is 2.80. The third-order valence-corrected chi connectivity index (χ3v) is 2.80. The van der Waals surface area contributed by atoms with Crippen LogP contribution >= 0.6 is 0 Å². The second-order valence-corrected chi connectivity index (χ2v) is 4.15. The lowest BCUT2D eigenvalue weighted by atomic mass is 10.1. The molecule has 6 nitrogen and oxygen atoms in total. The van der Waals surface area contributed by atoms with Gasteiger partial charge in [-0.2, -0.15) is 5.26 Å². The predicted octanol–water partition coefficient (Wildman–Crippen LogP) is 2.34. The SMILES string of the molecule is N#CC(NCc1cccnc1)c1ccc([N+](=O)[O-])cc1. The highest BCUT2D eigenvalue weighted by molar-refractivity contribution is 5.35. The van der Waals surface area contributed by atoms with Gasteiger partial charge in [0.1, 0.15) is 6.04 Å². The van der Waals surface area contributed by atoms with Crippen molar-refractivity contribution in [2.24, 2.45) is 0 Å². The van der Waals surface area contributed by atoms with Crippen LogP contribution in [0.2, 0.25) is 0 Å². The van der Waals surface area contributed by atoms with Crippen LogP contribution in [0.3, 0.4) is 0 Å². The van der Waals surface area contributed by atoms with Crippen molar-refractivity contribution >= 4 is 5.69 Å². The van der Waals surface area contributed by atoms with Crippen LogP contribution in [0.15, 0.2) is 48.8 Å². The second kappa shape index (κ2) is 6.41. The summed E-state index contributed by atoms with van der Waals surface area (Å²) < 4.78 is 0. The number of nitrogens with one attached hydrogen (secondary N) is 1. The average molecular weight is 268 g/mol. The number of nitrogens with zero attached hydrogens (tertiary/aromatic N) is 3.